The molecule has 17 nitrogen and oxygen atoms in total. The number of alkyl carbamates (subject to hydrolysis) is 1. The van der Waals surface area contributed by atoms with E-state index >= 15 is 4.79 Å². The molecule has 1 aliphatic heterocycles. The number of Topliss-reactive ketones (excluding diaryl/α,β-unsaturated/α-hetero) is 1. The van der Waals surface area contributed by atoms with Crippen molar-refractivity contribution in [1.82, 2.24) is 5.32 Å². The van der Waals surface area contributed by atoms with E-state index in [-0.39, 0.29) is 42.6 Å². The van der Waals surface area contributed by atoms with Gasteiger partial charge in [-0.25, -0.2) is 14.4 Å². The molecule has 1 saturated heterocycles. The second kappa shape index (κ2) is 19.4. The largest absolute Gasteiger partial charge is 0.497 e. The van der Waals surface area contributed by atoms with Gasteiger partial charge in [0, 0.05) is 31.6 Å². The van der Waals surface area contributed by atoms with Gasteiger partial charge >= 0.3 is 30.0 Å². The molecule has 4 N–H and O–H groups in total. The SMILES string of the molecule is COc1ccc(CCC(=O)O[C@H]2C(=O)[C@@]3(C)[C@H]([C@H](OC(=O)c4ccccc4)[C@]4(O)C[C@H](OC(=O)[C@H](O)[C@H](C=C(C)C)NC(=O)OC(C)(C)C)C(C)=C2C4(C)C)[C@]2(OC(C)=O)CO[C@@H]2C[C@@H]3O)cc1. The van der Waals surface area contributed by atoms with Gasteiger partial charge in [0.15, 0.2) is 23.6 Å². The van der Waals surface area contributed by atoms with Gasteiger partial charge in [-0.3, -0.25) is 14.4 Å². The molecule has 68 heavy (non-hydrogen) atoms. The molecule has 370 valence electrons. The molecule has 2 aromatic carbocycles. The van der Waals surface area contributed by atoms with Crippen molar-refractivity contribution in [3.8, 4) is 5.75 Å². The first kappa shape index (κ1) is 51.8. The molecule has 3 aliphatic carbocycles. The van der Waals surface area contributed by atoms with Crippen LogP contribution in [0.5, 0.6) is 5.75 Å². The quantitative estimate of drug-likeness (QED) is 0.117. The molecule has 2 saturated carbocycles. The molecule has 1 heterocycles. The number of ketones is 1. The molecule has 17 heteroatoms. The first-order valence-corrected chi connectivity index (χ1v) is 22.8. The third kappa shape index (κ3) is 9.80. The summed E-state index contributed by atoms with van der Waals surface area (Å²) >= 11 is 0. The third-order valence-corrected chi connectivity index (χ3v) is 14.0. The predicted molar refractivity (Wildman–Crippen MR) is 243 cm³/mol. The molecule has 0 spiro atoms. The minimum absolute atomic E-state index is 0.0183. The smallest absolute Gasteiger partial charge is 0.408 e. The Morgan fingerprint density at radius 3 is 2.16 bits per heavy atom. The summed E-state index contributed by atoms with van der Waals surface area (Å²) in [6, 6.07) is 13.5. The van der Waals surface area contributed by atoms with Crippen molar-refractivity contribution in [3.05, 3.63) is 88.5 Å². The van der Waals surface area contributed by atoms with Crippen LogP contribution in [0.1, 0.15) is 104 Å². The number of aliphatic hydroxyl groups excluding tert-OH is 2. The number of methoxy groups -OCH3 is 1. The Bertz CT molecular complexity index is 2330. The zero-order valence-electron chi connectivity index (χ0n) is 40.6. The lowest BCUT2D eigenvalue weighted by atomic mass is 9.44. The highest BCUT2D eigenvalue weighted by Crippen LogP contribution is 2.64. The molecule has 11 atom stereocenters. The molecule has 0 aromatic heterocycles. The van der Waals surface area contributed by atoms with Crippen molar-refractivity contribution in [2.45, 2.75) is 154 Å². The second-order valence-corrected chi connectivity index (χ2v) is 20.3. The number of carbonyl (C=O) groups is 6. The highest BCUT2D eigenvalue weighted by atomic mass is 16.6. The van der Waals surface area contributed by atoms with Crippen LogP contribution in [0.2, 0.25) is 0 Å². The predicted octanol–water partition coefficient (Wildman–Crippen LogP) is 5.05. The number of esters is 4. The number of carbonyl (C=O) groups excluding carboxylic acids is 6. The molecule has 0 unspecified atom stereocenters. The fourth-order valence-electron chi connectivity index (χ4n) is 10.5. The van der Waals surface area contributed by atoms with Crippen LogP contribution in [0.25, 0.3) is 0 Å². The molecular weight excluding hydrogens is 883 g/mol. The number of aryl methyl sites for hydroxylation is 1. The number of benzene rings is 2. The van der Waals surface area contributed by atoms with Crippen molar-refractivity contribution >= 4 is 35.8 Å². The van der Waals surface area contributed by atoms with Crippen molar-refractivity contribution in [2.24, 2.45) is 16.7 Å². The maximum atomic E-state index is 15.9. The van der Waals surface area contributed by atoms with E-state index in [9.17, 15) is 39.3 Å². The Morgan fingerprint density at radius 1 is 0.956 bits per heavy atom. The number of allylic oxidation sites excluding steroid dienone is 1. The van der Waals surface area contributed by atoms with Crippen molar-refractivity contribution in [1.29, 1.82) is 0 Å². The number of hydrogen-bond donors (Lipinski definition) is 4. The van der Waals surface area contributed by atoms with E-state index < -0.39 is 118 Å². The molecule has 6 rings (SSSR count). The summed E-state index contributed by atoms with van der Waals surface area (Å²) in [4.78, 5) is 84.8. The molecule has 4 aliphatic rings. The highest BCUT2D eigenvalue weighted by Gasteiger charge is 2.78. The molecular formula is C51H65NO16. The topological polar surface area (TPSA) is 240 Å². The maximum Gasteiger partial charge on any atom is 0.408 e. The van der Waals surface area contributed by atoms with Gasteiger partial charge in [-0.15, -0.1) is 0 Å². The first-order valence-electron chi connectivity index (χ1n) is 22.8. The molecule has 0 radical (unpaired) electrons. The number of nitrogens with one attached hydrogen (secondary N) is 1. The van der Waals surface area contributed by atoms with Gasteiger partial charge in [-0.1, -0.05) is 55.8 Å². The van der Waals surface area contributed by atoms with Gasteiger partial charge in [0.05, 0.1) is 42.8 Å². The third-order valence-electron chi connectivity index (χ3n) is 14.0. The summed E-state index contributed by atoms with van der Waals surface area (Å²) in [5.74, 6) is -5.68. The van der Waals surface area contributed by atoms with Crippen LogP contribution in [-0.2, 0) is 54.0 Å². The summed E-state index contributed by atoms with van der Waals surface area (Å²) in [5.41, 5.74) is -7.41. The van der Waals surface area contributed by atoms with Gasteiger partial charge in [0.25, 0.3) is 0 Å². The Labute approximate surface area is 396 Å². The van der Waals surface area contributed by atoms with Crippen molar-refractivity contribution in [3.63, 3.8) is 0 Å². The van der Waals surface area contributed by atoms with E-state index in [1.165, 1.54) is 39.2 Å². The lowest BCUT2D eigenvalue weighted by Gasteiger charge is -2.67. The zero-order valence-corrected chi connectivity index (χ0v) is 40.6. The Balaban J connectivity index is 1.53. The number of ether oxygens (including phenoxy) is 7. The van der Waals surface area contributed by atoms with Crippen LogP contribution in [-0.4, -0.2) is 124 Å². The van der Waals surface area contributed by atoms with Crippen LogP contribution in [0.4, 0.5) is 4.79 Å². The fraction of sp³-hybridized carbons (Fsp3) is 0.569. The normalized spacial score (nSPS) is 30.2. The van der Waals surface area contributed by atoms with E-state index in [1.54, 1.807) is 90.9 Å². The standard InChI is InChI=1S/C51H65NO16/c1-27(2)23-33(52-46(60)68-47(5,6)7)39(56)45(59)64-34-25-51(61)43(66-44(58)31-15-13-12-14-16-31)41-49(10,35(54)24-36-50(41,26-63-36)67-29(4)53)42(57)40(38(28(34)3)48(51,8)9)65-37(55)22-19-30-17-20-32(62-11)21-18-30/h12-18,20-21,23,33-36,39-41,43,54,56,61H,19,22,24-26H2,1-11H3,(H,52,60)/t33-,34-,35-,36+,39+,40+,41-,43-,49+,50-,51+/m0/s1. The minimum atomic E-state index is -2.43. The summed E-state index contributed by atoms with van der Waals surface area (Å²) in [6.07, 6.45) is -10.3. The maximum absolute atomic E-state index is 15.9. The van der Waals surface area contributed by atoms with E-state index in [1.807, 2.05) is 0 Å². The molecule has 1 amide bonds. The van der Waals surface area contributed by atoms with Crippen LogP contribution in [0.15, 0.2) is 77.4 Å². The fourth-order valence-corrected chi connectivity index (χ4v) is 10.5. The number of fused-ring (bicyclic) bond motifs is 5. The molecule has 2 bridgehead atoms. The number of amides is 1. The lowest BCUT2D eigenvalue weighted by Crippen LogP contribution is -2.82. The van der Waals surface area contributed by atoms with Gasteiger partial charge in [-0.05, 0) is 95.9 Å². The van der Waals surface area contributed by atoms with Crippen LogP contribution >= 0.6 is 0 Å². The van der Waals surface area contributed by atoms with Crippen LogP contribution in [0.3, 0.4) is 0 Å². The monoisotopic (exact) mass is 947 g/mol. The number of rotatable bonds is 13. The second-order valence-electron chi connectivity index (χ2n) is 20.3. The van der Waals surface area contributed by atoms with E-state index in [4.69, 9.17) is 33.2 Å². The number of aliphatic hydroxyl groups is 3. The summed E-state index contributed by atoms with van der Waals surface area (Å²) in [7, 11) is 1.53. The summed E-state index contributed by atoms with van der Waals surface area (Å²) in [5, 5.41) is 40.2. The highest BCUT2D eigenvalue weighted by molar-refractivity contribution is 5.96. The summed E-state index contributed by atoms with van der Waals surface area (Å²) < 4.78 is 41.5. The van der Waals surface area contributed by atoms with Crippen LogP contribution < -0.4 is 10.1 Å². The summed E-state index contributed by atoms with van der Waals surface area (Å²) in [6.45, 7) is 15.2. The van der Waals surface area contributed by atoms with E-state index in [2.05, 4.69) is 5.32 Å². The minimum Gasteiger partial charge on any atom is -0.497 e. The van der Waals surface area contributed by atoms with Gasteiger partial charge in [0.1, 0.15) is 35.3 Å². The number of hydrogen-bond acceptors (Lipinski definition) is 16. The Kier molecular flexibility index (Phi) is 14.8. The first-order chi connectivity index (χ1) is 31.7. The zero-order chi connectivity index (χ0) is 50.3. The van der Waals surface area contributed by atoms with E-state index in [0.717, 1.165) is 12.5 Å². The lowest BCUT2D eigenvalue weighted by molar-refractivity contribution is -0.346. The molecule has 2 aromatic rings. The average molecular weight is 948 g/mol. The van der Waals surface area contributed by atoms with E-state index in [0.29, 0.717) is 11.3 Å². The van der Waals surface area contributed by atoms with Crippen molar-refractivity contribution < 1.29 is 77.2 Å². The average Bonchev–Trinajstić information content (AvgIpc) is 3.25. The van der Waals surface area contributed by atoms with Crippen LogP contribution in [0, 0.1) is 16.7 Å². The Morgan fingerprint density at radius 2 is 1.60 bits per heavy atom. The van der Waals surface area contributed by atoms with Gasteiger partial charge in [-0.2, -0.15) is 0 Å². The van der Waals surface area contributed by atoms with Gasteiger partial charge < -0.3 is 53.8 Å². The van der Waals surface area contributed by atoms with Gasteiger partial charge in [0.2, 0.25) is 0 Å². The van der Waals surface area contributed by atoms with Crippen molar-refractivity contribution in [2.75, 3.05) is 13.7 Å². The Hall–Kier alpha value is -5.62. The molecule has 3 fully saturated rings.